The van der Waals surface area contributed by atoms with Crippen molar-refractivity contribution in [2.75, 3.05) is 0 Å². The highest BCUT2D eigenvalue weighted by molar-refractivity contribution is 6.33. The van der Waals surface area contributed by atoms with Gasteiger partial charge >= 0.3 is 0 Å². The second-order valence-electron chi connectivity index (χ2n) is 9.18. The molecule has 0 radical (unpaired) electrons. The van der Waals surface area contributed by atoms with Crippen LogP contribution in [0.15, 0.2) is 24.4 Å². The van der Waals surface area contributed by atoms with Crippen molar-refractivity contribution in [2.45, 2.75) is 71.4 Å². The Kier molecular flexibility index (Phi) is 4.52. The third kappa shape index (κ3) is 3.37. The fourth-order valence-corrected chi connectivity index (χ4v) is 4.01. The van der Waals surface area contributed by atoms with Crippen LogP contribution in [0, 0.1) is 0 Å². The predicted molar refractivity (Wildman–Crippen MR) is 111 cm³/mol. The largest absolute Gasteiger partial charge is 0.284 e. The summed E-state index contributed by atoms with van der Waals surface area (Å²) in [6, 6.07) is 8.00. The van der Waals surface area contributed by atoms with Crippen molar-refractivity contribution in [2.24, 2.45) is 0 Å². The van der Waals surface area contributed by atoms with E-state index < -0.39 is 0 Å². The molecule has 2 aromatic heterocycles. The maximum Gasteiger partial charge on any atom is 0.147 e. The molecule has 4 heteroatoms. The van der Waals surface area contributed by atoms with Crippen molar-refractivity contribution in [1.29, 1.82) is 0 Å². The molecule has 0 spiro atoms. The SMILES string of the molecule is C[SiH2]CCc1cnc2c3ccc(C(C)(C)C)cc3nc(C(C)(C)C)n12. The van der Waals surface area contributed by atoms with E-state index in [9.17, 15) is 0 Å². The highest BCUT2D eigenvalue weighted by Crippen LogP contribution is 2.31. The van der Waals surface area contributed by atoms with Crippen LogP contribution in [0.5, 0.6) is 0 Å². The first-order chi connectivity index (χ1) is 11.6. The number of fused-ring (bicyclic) bond motifs is 3. The summed E-state index contributed by atoms with van der Waals surface area (Å²) in [5, 5.41) is 1.15. The van der Waals surface area contributed by atoms with E-state index in [1.807, 2.05) is 0 Å². The lowest BCUT2D eigenvalue weighted by Crippen LogP contribution is -2.20. The number of aryl methyl sites for hydroxylation is 1. The number of benzene rings is 1. The molecule has 0 atom stereocenters. The summed E-state index contributed by atoms with van der Waals surface area (Å²) >= 11 is 0. The third-order valence-electron chi connectivity index (χ3n) is 4.83. The minimum Gasteiger partial charge on any atom is -0.284 e. The molecule has 0 aliphatic rings. The predicted octanol–water partition coefficient (Wildman–Crippen LogP) is 4.66. The van der Waals surface area contributed by atoms with Gasteiger partial charge in [-0.2, -0.15) is 0 Å². The zero-order valence-electron chi connectivity index (χ0n) is 16.8. The monoisotopic (exact) mass is 353 g/mol. The van der Waals surface area contributed by atoms with E-state index in [1.165, 1.54) is 17.3 Å². The molecule has 0 amide bonds. The number of hydrogen-bond acceptors (Lipinski definition) is 2. The number of aromatic nitrogens is 3. The fourth-order valence-electron chi connectivity index (χ4n) is 3.29. The van der Waals surface area contributed by atoms with Gasteiger partial charge in [0, 0.05) is 32.2 Å². The molecule has 25 heavy (non-hydrogen) atoms. The standard InChI is InChI=1S/C21H31N3Si/c1-20(2,3)14-8-9-16-17(12-14)23-19(21(4,5)6)24-15(10-11-25-7)13-22-18(16)24/h8-9,12-13H,10-11,25H2,1-7H3. The van der Waals surface area contributed by atoms with Crippen molar-refractivity contribution in [3.63, 3.8) is 0 Å². The van der Waals surface area contributed by atoms with Crippen LogP contribution < -0.4 is 0 Å². The Bertz CT molecular complexity index is 911. The lowest BCUT2D eigenvalue weighted by molar-refractivity contribution is 0.536. The molecule has 1 aromatic carbocycles. The average molecular weight is 354 g/mol. The normalized spacial score (nSPS) is 13.6. The summed E-state index contributed by atoms with van der Waals surface area (Å²) in [4.78, 5) is 9.93. The van der Waals surface area contributed by atoms with Gasteiger partial charge in [-0.3, -0.25) is 4.40 Å². The summed E-state index contributed by atoms with van der Waals surface area (Å²) in [7, 11) is 0.0551. The molecule has 3 nitrogen and oxygen atoms in total. The van der Waals surface area contributed by atoms with Crippen molar-refractivity contribution in [3.8, 4) is 0 Å². The van der Waals surface area contributed by atoms with E-state index >= 15 is 0 Å². The maximum absolute atomic E-state index is 5.12. The molecular formula is C21H31N3Si. The van der Waals surface area contributed by atoms with Crippen LogP contribution in [0.1, 0.15) is 58.6 Å². The highest BCUT2D eigenvalue weighted by atomic mass is 28.2. The third-order valence-corrected chi connectivity index (χ3v) is 5.90. The summed E-state index contributed by atoms with van der Waals surface area (Å²) in [5.74, 6) is 1.12. The first kappa shape index (κ1) is 18.1. The van der Waals surface area contributed by atoms with Gasteiger partial charge in [0.05, 0.1) is 5.52 Å². The Hall–Kier alpha value is -1.68. The molecule has 0 saturated carbocycles. The Morgan fingerprint density at radius 1 is 1.04 bits per heavy atom. The molecule has 0 fully saturated rings. The summed E-state index contributed by atoms with van der Waals surface area (Å²) < 4.78 is 2.32. The molecule has 2 heterocycles. The maximum atomic E-state index is 5.12. The minimum atomic E-state index is -0.0245. The molecule has 3 aromatic rings. The van der Waals surface area contributed by atoms with Gasteiger partial charge in [0.15, 0.2) is 0 Å². The van der Waals surface area contributed by atoms with Crippen molar-refractivity contribution in [1.82, 2.24) is 14.4 Å². The second kappa shape index (κ2) is 6.24. The Labute approximate surface area is 153 Å². The quantitative estimate of drug-likeness (QED) is 0.641. The van der Waals surface area contributed by atoms with Crippen LogP contribution in [0.3, 0.4) is 0 Å². The fraction of sp³-hybridized carbons (Fsp3) is 0.524. The zero-order valence-corrected chi connectivity index (χ0v) is 18.2. The molecule has 134 valence electrons. The molecule has 0 aliphatic carbocycles. The van der Waals surface area contributed by atoms with Gasteiger partial charge in [-0.05, 0) is 29.5 Å². The van der Waals surface area contributed by atoms with Gasteiger partial charge in [-0.1, -0.05) is 60.2 Å². The molecule has 0 bridgehead atoms. The van der Waals surface area contributed by atoms with Crippen molar-refractivity contribution < 1.29 is 0 Å². The molecule has 0 unspecified atom stereocenters. The topological polar surface area (TPSA) is 30.2 Å². The lowest BCUT2D eigenvalue weighted by atomic mass is 9.86. The van der Waals surface area contributed by atoms with E-state index in [1.54, 1.807) is 0 Å². The minimum absolute atomic E-state index is 0.0245. The zero-order chi connectivity index (χ0) is 18.4. The van der Waals surface area contributed by atoms with Crippen molar-refractivity contribution >= 4 is 26.1 Å². The van der Waals surface area contributed by atoms with Crippen LogP contribution in [0.4, 0.5) is 0 Å². The first-order valence-electron chi connectivity index (χ1n) is 9.44. The van der Waals surface area contributed by atoms with E-state index in [0.717, 1.165) is 28.8 Å². The number of nitrogens with zero attached hydrogens (tertiary/aromatic N) is 3. The molecular weight excluding hydrogens is 322 g/mol. The number of rotatable bonds is 3. The first-order valence-corrected chi connectivity index (χ1v) is 11.9. The number of imidazole rings is 1. The molecule has 0 saturated heterocycles. The van der Waals surface area contributed by atoms with Crippen LogP contribution in [-0.2, 0) is 17.3 Å². The van der Waals surface area contributed by atoms with E-state index in [2.05, 4.69) is 76.9 Å². The van der Waals surface area contributed by atoms with Crippen molar-refractivity contribution in [3.05, 3.63) is 41.5 Å². The average Bonchev–Trinajstić information content (AvgIpc) is 2.93. The lowest BCUT2D eigenvalue weighted by Gasteiger charge is -2.23. The van der Waals surface area contributed by atoms with Gasteiger partial charge < -0.3 is 0 Å². The smallest absolute Gasteiger partial charge is 0.147 e. The van der Waals surface area contributed by atoms with Gasteiger partial charge in [0.25, 0.3) is 0 Å². The molecule has 0 N–H and O–H groups in total. The van der Waals surface area contributed by atoms with Gasteiger partial charge in [-0.25, -0.2) is 9.97 Å². The van der Waals surface area contributed by atoms with Crippen LogP contribution in [0.25, 0.3) is 16.6 Å². The van der Waals surface area contributed by atoms with Crippen LogP contribution in [0.2, 0.25) is 12.6 Å². The van der Waals surface area contributed by atoms with Crippen LogP contribution >= 0.6 is 0 Å². The van der Waals surface area contributed by atoms with Gasteiger partial charge in [0.2, 0.25) is 0 Å². The Morgan fingerprint density at radius 3 is 2.36 bits per heavy atom. The second-order valence-corrected chi connectivity index (χ2v) is 10.9. The molecule has 3 rings (SSSR count). The Morgan fingerprint density at radius 2 is 1.76 bits per heavy atom. The van der Waals surface area contributed by atoms with Crippen LogP contribution in [-0.4, -0.2) is 23.9 Å². The van der Waals surface area contributed by atoms with Gasteiger partial charge in [0.1, 0.15) is 11.5 Å². The van der Waals surface area contributed by atoms with E-state index in [-0.39, 0.29) is 20.3 Å². The molecule has 0 aliphatic heterocycles. The number of hydrogen-bond donors (Lipinski definition) is 0. The summed E-state index contributed by atoms with van der Waals surface area (Å²) in [5.41, 5.74) is 4.85. The highest BCUT2D eigenvalue weighted by Gasteiger charge is 2.24. The summed E-state index contributed by atoms with van der Waals surface area (Å²) in [6.45, 7) is 15.8. The Balaban J connectivity index is 2.34. The summed E-state index contributed by atoms with van der Waals surface area (Å²) in [6.07, 6.45) is 3.17. The van der Waals surface area contributed by atoms with E-state index in [4.69, 9.17) is 9.97 Å². The van der Waals surface area contributed by atoms with E-state index in [0.29, 0.717) is 0 Å². The van der Waals surface area contributed by atoms with Gasteiger partial charge in [-0.15, -0.1) is 0 Å².